The number of benzene rings is 1. The van der Waals surface area contributed by atoms with Crippen LogP contribution in [-0.2, 0) is 6.54 Å². The molecule has 1 aromatic carbocycles. The first-order valence-corrected chi connectivity index (χ1v) is 7.82. The van der Waals surface area contributed by atoms with Crippen molar-refractivity contribution in [2.45, 2.75) is 33.7 Å². The van der Waals surface area contributed by atoms with Crippen LogP contribution < -0.4 is 5.32 Å². The van der Waals surface area contributed by atoms with Crippen molar-refractivity contribution < 1.29 is 4.39 Å². The van der Waals surface area contributed by atoms with E-state index in [2.05, 4.69) is 38.1 Å². The predicted molar refractivity (Wildman–Crippen MR) is 86.6 cm³/mol. The zero-order valence-corrected chi connectivity index (χ0v) is 14.1. The van der Waals surface area contributed by atoms with Crippen LogP contribution in [0.25, 0.3) is 11.4 Å². The summed E-state index contributed by atoms with van der Waals surface area (Å²) in [4.78, 5) is 9.12. The monoisotopic (exact) mass is 351 g/mol. The van der Waals surface area contributed by atoms with Gasteiger partial charge in [0.1, 0.15) is 5.82 Å². The van der Waals surface area contributed by atoms with E-state index >= 15 is 0 Å². The standard InChI is InChI=1S/C16H19BrFN3/c1-4-7-19-9-13-10(2)20-16(21-11(13)3)12-5-6-15(18)14(17)8-12/h5-6,8,19H,4,7,9H2,1-3H3. The molecule has 1 N–H and O–H groups in total. The average molecular weight is 352 g/mol. The van der Waals surface area contributed by atoms with Gasteiger partial charge in [0, 0.05) is 29.1 Å². The van der Waals surface area contributed by atoms with Gasteiger partial charge in [-0.2, -0.15) is 0 Å². The quantitative estimate of drug-likeness (QED) is 0.821. The number of nitrogens with one attached hydrogen (secondary N) is 1. The SMILES string of the molecule is CCCNCc1c(C)nc(-c2ccc(F)c(Br)c2)nc1C. The maximum atomic E-state index is 13.3. The van der Waals surface area contributed by atoms with Crippen LogP contribution in [-0.4, -0.2) is 16.5 Å². The van der Waals surface area contributed by atoms with Gasteiger partial charge >= 0.3 is 0 Å². The van der Waals surface area contributed by atoms with Gasteiger partial charge in [0.15, 0.2) is 5.82 Å². The van der Waals surface area contributed by atoms with Crippen LogP contribution in [0, 0.1) is 19.7 Å². The van der Waals surface area contributed by atoms with Crippen molar-refractivity contribution in [2.75, 3.05) is 6.54 Å². The van der Waals surface area contributed by atoms with Crippen molar-refractivity contribution in [3.8, 4) is 11.4 Å². The van der Waals surface area contributed by atoms with E-state index in [1.807, 2.05) is 13.8 Å². The molecule has 0 radical (unpaired) electrons. The molecule has 2 rings (SSSR count). The molecule has 0 saturated carbocycles. The van der Waals surface area contributed by atoms with Gasteiger partial charge in [-0.25, -0.2) is 14.4 Å². The molecule has 0 aliphatic carbocycles. The van der Waals surface area contributed by atoms with Gasteiger partial charge in [0.05, 0.1) is 4.47 Å². The summed E-state index contributed by atoms with van der Waals surface area (Å²) in [5.74, 6) is 0.345. The summed E-state index contributed by atoms with van der Waals surface area (Å²) in [6.45, 7) is 7.86. The van der Waals surface area contributed by atoms with Crippen molar-refractivity contribution in [3.05, 3.63) is 45.4 Å². The first-order chi connectivity index (χ1) is 10.0. The zero-order valence-electron chi connectivity index (χ0n) is 12.5. The van der Waals surface area contributed by atoms with Crippen molar-refractivity contribution in [2.24, 2.45) is 0 Å². The van der Waals surface area contributed by atoms with Gasteiger partial charge in [-0.15, -0.1) is 0 Å². The van der Waals surface area contributed by atoms with E-state index in [1.165, 1.54) is 6.07 Å². The Bertz CT molecular complexity index is 620. The third-order valence-electron chi connectivity index (χ3n) is 3.33. The average Bonchev–Trinajstić information content (AvgIpc) is 2.44. The second-order valence-corrected chi connectivity index (χ2v) is 5.86. The van der Waals surface area contributed by atoms with E-state index in [1.54, 1.807) is 12.1 Å². The van der Waals surface area contributed by atoms with E-state index < -0.39 is 0 Å². The molecule has 0 amide bonds. The summed E-state index contributed by atoms with van der Waals surface area (Å²) >= 11 is 3.20. The zero-order chi connectivity index (χ0) is 15.4. The van der Waals surface area contributed by atoms with Gasteiger partial charge in [-0.05, 0) is 60.9 Å². The summed E-state index contributed by atoms with van der Waals surface area (Å²) in [5, 5.41) is 3.37. The molecule has 1 heterocycles. The predicted octanol–water partition coefficient (Wildman–Crippen LogP) is 4.16. The molecule has 5 heteroatoms. The first-order valence-electron chi connectivity index (χ1n) is 7.03. The molecule has 0 bridgehead atoms. The van der Waals surface area contributed by atoms with Crippen molar-refractivity contribution in [1.29, 1.82) is 0 Å². The Morgan fingerprint density at radius 1 is 1.19 bits per heavy atom. The number of hydrogen-bond acceptors (Lipinski definition) is 3. The topological polar surface area (TPSA) is 37.8 Å². The number of nitrogens with zero attached hydrogens (tertiary/aromatic N) is 2. The number of aryl methyl sites for hydroxylation is 2. The normalized spacial score (nSPS) is 10.9. The lowest BCUT2D eigenvalue weighted by Crippen LogP contribution is -2.17. The molecular formula is C16H19BrFN3. The van der Waals surface area contributed by atoms with Crippen molar-refractivity contribution in [1.82, 2.24) is 15.3 Å². The Kier molecular flexibility index (Phi) is 5.42. The number of halogens is 2. The second kappa shape index (κ2) is 7.09. The molecule has 0 saturated heterocycles. The minimum Gasteiger partial charge on any atom is -0.313 e. The lowest BCUT2D eigenvalue weighted by Gasteiger charge is -2.12. The highest BCUT2D eigenvalue weighted by Gasteiger charge is 2.11. The lowest BCUT2D eigenvalue weighted by molar-refractivity contribution is 0.621. The molecule has 3 nitrogen and oxygen atoms in total. The van der Waals surface area contributed by atoms with Crippen molar-refractivity contribution in [3.63, 3.8) is 0 Å². The highest BCUT2D eigenvalue weighted by molar-refractivity contribution is 9.10. The molecule has 0 fully saturated rings. The van der Waals surface area contributed by atoms with E-state index in [0.717, 1.165) is 42.0 Å². The maximum Gasteiger partial charge on any atom is 0.159 e. The smallest absolute Gasteiger partial charge is 0.159 e. The fraction of sp³-hybridized carbons (Fsp3) is 0.375. The van der Waals surface area contributed by atoms with E-state index in [0.29, 0.717) is 10.3 Å². The summed E-state index contributed by atoms with van der Waals surface area (Å²) in [7, 11) is 0. The molecule has 0 aliphatic rings. The highest BCUT2D eigenvalue weighted by atomic mass is 79.9. The Labute approximate surface area is 133 Å². The van der Waals surface area contributed by atoms with Gasteiger partial charge in [-0.3, -0.25) is 0 Å². The van der Waals surface area contributed by atoms with Crippen LogP contribution >= 0.6 is 15.9 Å². The van der Waals surface area contributed by atoms with Gasteiger partial charge < -0.3 is 5.32 Å². The fourth-order valence-corrected chi connectivity index (χ4v) is 2.53. The lowest BCUT2D eigenvalue weighted by atomic mass is 10.1. The molecule has 0 unspecified atom stereocenters. The molecular weight excluding hydrogens is 333 g/mol. The molecule has 21 heavy (non-hydrogen) atoms. The van der Waals surface area contributed by atoms with Crippen LogP contribution in [0.3, 0.4) is 0 Å². The molecule has 112 valence electrons. The minimum absolute atomic E-state index is 0.285. The molecule has 2 aromatic rings. The largest absolute Gasteiger partial charge is 0.313 e. The number of hydrogen-bond donors (Lipinski definition) is 1. The minimum atomic E-state index is -0.285. The van der Waals surface area contributed by atoms with E-state index in [9.17, 15) is 4.39 Å². The second-order valence-electron chi connectivity index (χ2n) is 5.00. The third-order valence-corrected chi connectivity index (χ3v) is 3.93. The summed E-state index contributed by atoms with van der Waals surface area (Å²) < 4.78 is 13.7. The Hall–Kier alpha value is -1.33. The maximum absolute atomic E-state index is 13.3. The van der Waals surface area contributed by atoms with Crippen LogP contribution in [0.1, 0.15) is 30.3 Å². The van der Waals surface area contributed by atoms with Crippen LogP contribution in [0.5, 0.6) is 0 Å². The van der Waals surface area contributed by atoms with Gasteiger partial charge in [0.2, 0.25) is 0 Å². The molecule has 1 aromatic heterocycles. The summed E-state index contributed by atoms with van der Waals surface area (Å²) in [6, 6.07) is 4.83. The Morgan fingerprint density at radius 2 is 1.86 bits per heavy atom. The molecule has 0 atom stereocenters. The number of aromatic nitrogens is 2. The van der Waals surface area contributed by atoms with Crippen LogP contribution in [0.15, 0.2) is 22.7 Å². The van der Waals surface area contributed by atoms with Crippen LogP contribution in [0.2, 0.25) is 0 Å². The van der Waals surface area contributed by atoms with Gasteiger partial charge in [-0.1, -0.05) is 6.92 Å². The molecule has 0 spiro atoms. The Balaban J connectivity index is 2.32. The van der Waals surface area contributed by atoms with Gasteiger partial charge in [0.25, 0.3) is 0 Å². The Morgan fingerprint density at radius 3 is 2.43 bits per heavy atom. The fourth-order valence-electron chi connectivity index (χ4n) is 2.15. The van der Waals surface area contributed by atoms with E-state index in [4.69, 9.17) is 0 Å². The van der Waals surface area contributed by atoms with Crippen LogP contribution in [0.4, 0.5) is 4.39 Å². The summed E-state index contributed by atoms with van der Waals surface area (Å²) in [6.07, 6.45) is 1.10. The number of rotatable bonds is 5. The first kappa shape index (κ1) is 16.0. The highest BCUT2D eigenvalue weighted by Crippen LogP contribution is 2.24. The third kappa shape index (κ3) is 3.86. The molecule has 0 aliphatic heterocycles. The van der Waals surface area contributed by atoms with Crippen molar-refractivity contribution >= 4 is 15.9 Å². The summed E-state index contributed by atoms with van der Waals surface area (Å²) in [5.41, 5.74) is 3.86. The van der Waals surface area contributed by atoms with E-state index in [-0.39, 0.29) is 5.82 Å².